The molecule has 0 unspecified atom stereocenters. The molecule has 0 saturated heterocycles. The van der Waals surface area contributed by atoms with Crippen molar-refractivity contribution in [3.05, 3.63) is 223 Å². The van der Waals surface area contributed by atoms with Gasteiger partial charge in [0.1, 0.15) is 28.4 Å². The Morgan fingerprint density at radius 2 is 0.838 bits per heavy atom. The van der Waals surface area contributed by atoms with Crippen LogP contribution >= 0.6 is 0 Å². The summed E-state index contributed by atoms with van der Waals surface area (Å²) in [5.41, 5.74) is 14.8. The minimum Gasteiger partial charge on any atom is -0.455 e. The van der Waals surface area contributed by atoms with Crippen molar-refractivity contribution >= 4 is 93.2 Å². The molecule has 0 fully saturated rings. The van der Waals surface area contributed by atoms with E-state index in [1.54, 1.807) is 6.07 Å². The van der Waals surface area contributed by atoms with Crippen molar-refractivity contribution < 1.29 is 8.83 Å². The van der Waals surface area contributed by atoms with Crippen molar-refractivity contribution in [2.45, 2.75) is 0 Å². The molecule has 0 amide bonds. The van der Waals surface area contributed by atoms with Gasteiger partial charge < -0.3 is 18.0 Å². The third-order valence-corrected chi connectivity index (χ3v) is 13.8. The van der Waals surface area contributed by atoms with Crippen LogP contribution in [0.3, 0.4) is 0 Å². The molecule has 0 aliphatic rings. The van der Waals surface area contributed by atoms with E-state index in [0.717, 1.165) is 121 Å². The van der Waals surface area contributed by atoms with E-state index in [4.69, 9.17) is 15.4 Å². The second-order valence-corrected chi connectivity index (χ2v) is 17.3. The minimum absolute atomic E-state index is 0.353. The van der Waals surface area contributed by atoms with Gasteiger partial charge in [0.05, 0.1) is 56.3 Å². The molecule has 4 heterocycles. The summed E-state index contributed by atoms with van der Waals surface area (Å²) < 4.78 is 18.1. The zero-order valence-electron chi connectivity index (χ0n) is 36.2. The highest BCUT2D eigenvalue weighted by atomic mass is 16.3. The lowest BCUT2D eigenvalue weighted by molar-refractivity contribution is 0.672. The summed E-state index contributed by atoms with van der Waals surface area (Å²) in [5, 5.41) is 19.4. The molecule has 4 aromatic heterocycles. The van der Waals surface area contributed by atoms with Crippen LogP contribution in [0.5, 0.6) is 0 Å². The lowest BCUT2D eigenvalue weighted by Gasteiger charge is -2.23. The maximum absolute atomic E-state index is 11.4. The Morgan fingerprint density at radius 1 is 0.397 bits per heavy atom. The van der Waals surface area contributed by atoms with Crippen molar-refractivity contribution in [1.29, 1.82) is 5.26 Å². The molecule has 0 atom stereocenters. The zero-order valence-corrected chi connectivity index (χ0v) is 36.2. The minimum atomic E-state index is 0.353. The lowest BCUT2D eigenvalue weighted by Crippen LogP contribution is -2.06. The first-order chi connectivity index (χ1) is 33.7. The van der Waals surface area contributed by atoms with Gasteiger partial charge in [0.15, 0.2) is 0 Å². The summed E-state index contributed by atoms with van der Waals surface area (Å²) in [4.78, 5) is 4.28. The van der Waals surface area contributed by atoms with Gasteiger partial charge in [-0.3, -0.25) is 0 Å². The van der Waals surface area contributed by atoms with Crippen molar-refractivity contribution in [3.8, 4) is 50.8 Å². The smallest absolute Gasteiger partial charge is 0.212 e. The van der Waals surface area contributed by atoms with Gasteiger partial charge in [0, 0.05) is 37.9 Å². The monoisotopic (exact) mass is 866 g/mol. The van der Waals surface area contributed by atoms with Crippen LogP contribution in [0.2, 0.25) is 0 Å². The van der Waals surface area contributed by atoms with Crippen LogP contribution < -0.4 is 0 Å². The van der Waals surface area contributed by atoms with Crippen LogP contribution in [0, 0.1) is 17.9 Å². The first kappa shape index (κ1) is 37.7. The third kappa shape index (κ3) is 5.31. The molecule has 0 spiro atoms. The maximum Gasteiger partial charge on any atom is 0.212 e. The van der Waals surface area contributed by atoms with E-state index in [9.17, 15) is 5.26 Å². The fourth-order valence-electron chi connectivity index (χ4n) is 10.8. The summed E-state index contributed by atoms with van der Waals surface area (Å²) >= 11 is 0. The van der Waals surface area contributed by atoms with Gasteiger partial charge in [-0.15, -0.1) is 0 Å². The van der Waals surface area contributed by atoms with Crippen molar-refractivity contribution in [1.82, 2.24) is 9.13 Å². The van der Waals surface area contributed by atoms with E-state index >= 15 is 0 Å². The molecule has 0 bridgehead atoms. The molecule has 6 nitrogen and oxygen atoms in total. The maximum atomic E-state index is 11.4. The van der Waals surface area contributed by atoms with Gasteiger partial charge in [0.2, 0.25) is 5.69 Å². The molecule has 10 aromatic carbocycles. The summed E-state index contributed by atoms with van der Waals surface area (Å²) in [5.74, 6) is 0. The summed E-state index contributed by atoms with van der Waals surface area (Å²) in [6, 6.07) is 73.4. The number of nitriles is 1. The molecular weight excluding hydrogens is 833 g/mol. The molecule has 6 heteroatoms. The van der Waals surface area contributed by atoms with Gasteiger partial charge in [-0.05, 0) is 94.5 Å². The number of benzene rings is 10. The molecule has 314 valence electrons. The SMILES string of the molecule is [C-]#[N+]c1cc(C#N)c(-n2c3ccc(-c4ccccc4)cc3c3c4oc5ccccc5c4ccc32)c(-c2ccccc2)c1-n1c2ccc(-c3ccccc3)cc2c2c3oc4ccccc4c3ccc21. The van der Waals surface area contributed by atoms with Crippen LogP contribution in [0.15, 0.2) is 215 Å². The van der Waals surface area contributed by atoms with E-state index in [1.165, 1.54) is 0 Å². The first-order valence-corrected chi connectivity index (χ1v) is 22.6. The highest BCUT2D eigenvalue weighted by molar-refractivity contribution is 6.26. The largest absolute Gasteiger partial charge is 0.455 e. The van der Waals surface area contributed by atoms with Crippen LogP contribution in [-0.2, 0) is 0 Å². The number of hydrogen-bond donors (Lipinski definition) is 0. The third-order valence-electron chi connectivity index (χ3n) is 13.8. The Bertz CT molecular complexity index is 4230. The Labute approximate surface area is 388 Å². The van der Waals surface area contributed by atoms with Crippen LogP contribution in [-0.4, -0.2) is 9.13 Å². The fourth-order valence-corrected chi connectivity index (χ4v) is 10.8. The van der Waals surface area contributed by atoms with Gasteiger partial charge in [-0.2, -0.15) is 5.26 Å². The van der Waals surface area contributed by atoms with Gasteiger partial charge in [0.25, 0.3) is 0 Å². The second kappa shape index (κ2) is 14.4. The van der Waals surface area contributed by atoms with E-state index in [-0.39, 0.29) is 0 Å². The average molecular weight is 867 g/mol. The predicted molar refractivity (Wildman–Crippen MR) is 277 cm³/mol. The van der Waals surface area contributed by atoms with Gasteiger partial charge in [-0.1, -0.05) is 140 Å². The molecule has 0 radical (unpaired) electrons. The number of furan rings is 2. The highest BCUT2D eigenvalue weighted by Crippen LogP contribution is 2.50. The molecule has 0 saturated carbocycles. The normalized spacial score (nSPS) is 11.8. The van der Waals surface area contributed by atoms with E-state index < -0.39 is 0 Å². The number of aromatic nitrogens is 2. The molecule has 0 N–H and O–H groups in total. The Hall–Kier alpha value is -9.62. The van der Waals surface area contributed by atoms with Gasteiger partial charge >= 0.3 is 0 Å². The standard InChI is InChI=1S/C62H34N4O2/c1-64-49-35-42(36-63)59(65-50-29-25-40(37-15-5-2-6-16-37)33-47(50)57-52(65)31-27-45-43-21-11-13-23-54(43)67-61(45)57)56(39-19-9-4-10-20-39)60(49)66-51-30-26-41(38-17-7-3-8-18-38)34-48(51)58-53(66)32-28-46-44-22-12-14-24-55(44)68-62(46)58/h2-35H. The number of nitrogens with zero attached hydrogens (tertiary/aromatic N) is 4. The quantitative estimate of drug-likeness (QED) is 0.162. The number of rotatable bonds is 5. The Morgan fingerprint density at radius 3 is 1.32 bits per heavy atom. The number of hydrogen-bond acceptors (Lipinski definition) is 3. The predicted octanol–water partition coefficient (Wildman–Crippen LogP) is 17.1. The number of para-hydroxylation sites is 2. The van der Waals surface area contributed by atoms with Crippen LogP contribution in [0.25, 0.3) is 137 Å². The Kier molecular flexibility index (Phi) is 8.01. The van der Waals surface area contributed by atoms with Crippen LogP contribution in [0.1, 0.15) is 5.56 Å². The highest BCUT2D eigenvalue weighted by Gasteiger charge is 2.29. The van der Waals surface area contributed by atoms with Crippen molar-refractivity contribution in [2.75, 3.05) is 0 Å². The molecule has 14 rings (SSSR count). The molecular formula is C62H34N4O2. The molecule has 14 aromatic rings. The zero-order chi connectivity index (χ0) is 45.0. The summed E-state index contributed by atoms with van der Waals surface area (Å²) in [6.07, 6.45) is 0. The van der Waals surface area contributed by atoms with E-state index in [2.05, 4.69) is 154 Å². The fraction of sp³-hybridized carbons (Fsp3) is 0. The second-order valence-electron chi connectivity index (χ2n) is 17.3. The summed E-state index contributed by atoms with van der Waals surface area (Å²) in [7, 11) is 0. The summed E-state index contributed by atoms with van der Waals surface area (Å²) in [6.45, 7) is 8.91. The van der Waals surface area contributed by atoms with E-state index in [0.29, 0.717) is 22.6 Å². The van der Waals surface area contributed by atoms with Crippen molar-refractivity contribution in [2.24, 2.45) is 0 Å². The van der Waals surface area contributed by atoms with Gasteiger partial charge in [-0.25, -0.2) is 4.85 Å². The average Bonchev–Trinajstić information content (AvgIpc) is 4.16. The first-order valence-electron chi connectivity index (χ1n) is 22.6. The molecule has 0 aliphatic carbocycles. The van der Waals surface area contributed by atoms with Crippen molar-refractivity contribution in [3.63, 3.8) is 0 Å². The van der Waals surface area contributed by atoms with E-state index in [1.807, 2.05) is 66.7 Å². The number of fused-ring (bicyclic) bond motifs is 14. The Balaban J connectivity index is 1.17. The molecule has 0 aliphatic heterocycles. The van der Waals surface area contributed by atoms with Crippen LogP contribution in [0.4, 0.5) is 5.69 Å². The molecule has 68 heavy (non-hydrogen) atoms. The lowest BCUT2D eigenvalue weighted by atomic mass is 9.95. The topological polar surface area (TPSA) is 64.3 Å².